The minimum atomic E-state index is -0.509. The minimum absolute atomic E-state index is 0.176. The summed E-state index contributed by atoms with van der Waals surface area (Å²) in [5, 5.41) is 1.34. The molecule has 2 aromatic rings. The molecule has 0 aliphatic heterocycles. The molecule has 7 heteroatoms. The zero-order chi connectivity index (χ0) is 13.0. The summed E-state index contributed by atoms with van der Waals surface area (Å²) in [4.78, 5) is 23.6. The number of nitrogens with zero attached hydrogens (tertiary/aromatic N) is 3. The number of methoxy groups -OCH3 is 1. The van der Waals surface area contributed by atoms with E-state index in [-0.39, 0.29) is 5.69 Å². The van der Waals surface area contributed by atoms with Gasteiger partial charge in [-0.25, -0.2) is 14.8 Å². The van der Waals surface area contributed by atoms with Crippen molar-refractivity contribution in [2.24, 2.45) is 0 Å². The summed E-state index contributed by atoms with van der Waals surface area (Å²) in [6.45, 7) is 0. The summed E-state index contributed by atoms with van der Waals surface area (Å²) >= 11 is 4.71. The van der Waals surface area contributed by atoms with Gasteiger partial charge in [0.15, 0.2) is 5.69 Å². The normalized spacial score (nSPS) is 10.1. The van der Waals surface area contributed by atoms with E-state index in [1.807, 2.05) is 12.1 Å². The third-order valence-corrected chi connectivity index (χ3v) is 3.76. The van der Waals surface area contributed by atoms with E-state index < -0.39 is 5.97 Å². The number of esters is 1. The molecule has 0 fully saturated rings. The van der Waals surface area contributed by atoms with Crippen molar-refractivity contribution in [1.29, 1.82) is 0 Å². The number of ether oxygens (including phenoxy) is 1. The molecule has 0 spiro atoms. The van der Waals surface area contributed by atoms with Crippen LogP contribution in [0.5, 0.6) is 0 Å². The van der Waals surface area contributed by atoms with Crippen molar-refractivity contribution in [2.45, 2.75) is 10.1 Å². The van der Waals surface area contributed by atoms with E-state index in [1.54, 1.807) is 12.4 Å². The van der Waals surface area contributed by atoms with Crippen LogP contribution < -0.4 is 0 Å². The molecule has 0 atom stereocenters. The lowest BCUT2D eigenvalue weighted by atomic mass is 10.5. The fourth-order valence-corrected chi connectivity index (χ4v) is 2.38. The molecule has 0 radical (unpaired) electrons. The number of hydrogen-bond acceptors (Lipinski definition) is 6. The molecular formula is C11H8BrN3O2S. The second-order valence-corrected chi connectivity index (χ2v) is 4.99. The molecule has 92 valence electrons. The Bertz CT molecular complexity index is 580. The van der Waals surface area contributed by atoms with Crippen LogP contribution in [0.15, 0.2) is 45.2 Å². The first-order valence-electron chi connectivity index (χ1n) is 4.89. The van der Waals surface area contributed by atoms with Gasteiger partial charge in [-0.2, -0.15) is 0 Å². The van der Waals surface area contributed by atoms with Gasteiger partial charge in [0.2, 0.25) is 0 Å². The number of halogens is 1. The highest BCUT2D eigenvalue weighted by Crippen LogP contribution is 2.29. The number of carbonyl (C=O) groups is 1. The molecule has 0 saturated carbocycles. The zero-order valence-corrected chi connectivity index (χ0v) is 11.7. The molecule has 5 nitrogen and oxygen atoms in total. The van der Waals surface area contributed by atoms with E-state index in [2.05, 4.69) is 35.6 Å². The highest BCUT2D eigenvalue weighted by molar-refractivity contribution is 9.10. The van der Waals surface area contributed by atoms with E-state index in [9.17, 15) is 4.79 Å². The van der Waals surface area contributed by atoms with Crippen LogP contribution in [-0.4, -0.2) is 28.0 Å². The Kier molecular flexibility index (Phi) is 4.27. The fourth-order valence-electron chi connectivity index (χ4n) is 1.15. The lowest BCUT2D eigenvalue weighted by Crippen LogP contribution is -2.05. The highest BCUT2D eigenvalue weighted by atomic mass is 79.9. The maximum atomic E-state index is 11.3. The predicted molar refractivity (Wildman–Crippen MR) is 69.4 cm³/mol. The van der Waals surface area contributed by atoms with Crippen molar-refractivity contribution in [2.75, 3.05) is 7.11 Å². The summed E-state index contributed by atoms with van der Waals surface area (Å²) < 4.78 is 5.45. The first-order valence-corrected chi connectivity index (χ1v) is 6.50. The molecule has 0 aromatic carbocycles. The standard InChI is InChI=1S/C11H8BrN3O2S/c1-17-11(16)8-5-13-6-9(15-8)18-10-7(12)3-2-4-14-10/h2-6H,1H3. The van der Waals surface area contributed by atoms with Crippen LogP contribution in [0.3, 0.4) is 0 Å². The lowest BCUT2D eigenvalue weighted by molar-refractivity contribution is 0.0592. The van der Waals surface area contributed by atoms with E-state index in [4.69, 9.17) is 0 Å². The maximum Gasteiger partial charge on any atom is 0.358 e. The molecule has 2 heterocycles. The van der Waals surface area contributed by atoms with Gasteiger partial charge in [0, 0.05) is 6.20 Å². The van der Waals surface area contributed by atoms with Gasteiger partial charge in [0.25, 0.3) is 0 Å². The van der Waals surface area contributed by atoms with E-state index in [1.165, 1.54) is 25.1 Å². The number of rotatable bonds is 3. The first-order chi connectivity index (χ1) is 8.70. The summed E-state index contributed by atoms with van der Waals surface area (Å²) in [7, 11) is 1.30. The Hall–Kier alpha value is -1.47. The van der Waals surface area contributed by atoms with E-state index in [0.717, 1.165) is 9.50 Å². The van der Waals surface area contributed by atoms with Crippen LogP contribution in [-0.2, 0) is 4.74 Å². The molecule has 2 rings (SSSR count). The molecule has 0 aliphatic rings. The van der Waals surface area contributed by atoms with Gasteiger partial charge < -0.3 is 4.74 Å². The number of pyridine rings is 1. The lowest BCUT2D eigenvalue weighted by Gasteiger charge is -2.03. The van der Waals surface area contributed by atoms with Crippen LogP contribution in [0.25, 0.3) is 0 Å². The molecule has 0 aliphatic carbocycles. The molecule has 0 saturated heterocycles. The SMILES string of the molecule is COC(=O)c1cncc(Sc2ncccc2Br)n1. The molecule has 0 bridgehead atoms. The van der Waals surface area contributed by atoms with Gasteiger partial charge in [-0.15, -0.1) is 0 Å². The van der Waals surface area contributed by atoms with Crippen LogP contribution in [0.1, 0.15) is 10.5 Å². The van der Waals surface area contributed by atoms with Gasteiger partial charge >= 0.3 is 5.97 Å². The predicted octanol–water partition coefficient (Wildman–Crippen LogP) is 2.57. The van der Waals surface area contributed by atoms with Gasteiger partial charge in [-0.1, -0.05) is 0 Å². The number of aromatic nitrogens is 3. The van der Waals surface area contributed by atoms with Crippen molar-refractivity contribution in [3.8, 4) is 0 Å². The maximum absolute atomic E-state index is 11.3. The molecule has 0 amide bonds. The molecule has 18 heavy (non-hydrogen) atoms. The van der Waals surface area contributed by atoms with Crippen LogP contribution >= 0.6 is 27.7 Å². The Morgan fingerprint density at radius 3 is 3.00 bits per heavy atom. The Morgan fingerprint density at radius 1 is 1.44 bits per heavy atom. The first kappa shape index (κ1) is 13.0. The molecular weight excluding hydrogens is 318 g/mol. The summed E-state index contributed by atoms with van der Waals surface area (Å²) in [5.41, 5.74) is 0.176. The van der Waals surface area contributed by atoms with Crippen molar-refractivity contribution in [3.63, 3.8) is 0 Å². The second kappa shape index (κ2) is 5.92. The smallest absolute Gasteiger partial charge is 0.358 e. The highest BCUT2D eigenvalue weighted by Gasteiger charge is 2.10. The Morgan fingerprint density at radius 2 is 2.28 bits per heavy atom. The van der Waals surface area contributed by atoms with Gasteiger partial charge in [-0.3, -0.25) is 4.98 Å². The monoisotopic (exact) mass is 325 g/mol. The number of hydrogen-bond donors (Lipinski definition) is 0. The summed E-state index contributed by atoms with van der Waals surface area (Å²) in [5.74, 6) is -0.509. The van der Waals surface area contributed by atoms with Crippen molar-refractivity contribution >= 4 is 33.7 Å². The Balaban J connectivity index is 2.25. The number of carbonyl (C=O) groups excluding carboxylic acids is 1. The third-order valence-electron chi connectivity index (χ3n) is 1.93. The van der Waals surface area contributed by atoms with Gasteiger partial charge in [0.1, 0.15) is 10.1 Å². The quantitative estimate of drug-likeness (QED) is 0.808. The van der Waals surface area contributed by atoms with Crippen LogP contribution in [0.4, 0.5) is 0 Å². The second-order valence-electron chi connectivity index (χ2n) is 3.13. The van der Waals surface area contributed by atoms with Crippen molar-refractivity contribution in [3.05, 3.63) is 40.9 Å². The molecule has 0 N–H and O–H groups in total. The average molecular weight is 326 g/mol. The summed E-state index contributed by atoms with van der Waals surface area (Å²) in [6.07, 6.45) is 4.62. The van der Waals surface area contributed by atoms with Gasteiger partial charge in [-0.05, 0) is 39.8 Å². The topological polar surface area (TPSA) is 65.0 Å². The molecule has 0 unspecified atom stereocenters. The van der Waals surface area contributed by atoms with Crippen LogP contribution in [0, 0.1) is 0 Å². The zero-order valence-electron chi connectivity index (χ0n) is 9.33. The van der Waals surface area contributed by atoms with Crippen LogP contribution in [0.2, 0.25) is 0 Å². The average Bonchev–Trinajstić information content (AvgIpc) is 2.41. The van der Waals surface area contributed by atoms with E-state index >= 15 is 0 Å². The molecule has 2 aromatic heterocycles. The van der Waals surface area contributed by atoms with Crippen molar-refractivity contribution in [1.82, 2.24) is 15.0 Å². The van der Waals surface area contributed by atoms with Gasteiger partial charge in [0.05, 0.1) is 24.0 Å². The largest absolute Gasteiger partial charge is 0.464 e. The fraction of sp³-hybridized carbons (Fsp3) is 0.0909. The van der Waals surface area contributed by atoms with Crippen molar-refractivity contribution < 1.29 is 9.53 Å². The minimum Gasteiger partial charge on any atom is -0.464 e. The summed E-state index contributed by atoms with van der Waals surface area (Å²) in [6, 6.07) is 3.71. The van der Waals surface area contributed by atoms with E-state index in [0.29, 0.717) is 5.03 Å². The Labute approximate surface area is 116 Å². The third kappa shape index (κ3) is 3.05.